The van der Waals surface area contributed by atoms with E-state index in [1.54, 1.807) is 6.08 Å². The van der Waals surface area contributed by atoms with Gasteiger partial charge in [0.05, 0.1) is 16.0 Å². The van der Waals surface area contributed by atoms with Crippen molar-refractivity contribution in [1.82, 2.24) is 4.90 Å². The van der Waals surface area contributed by atoms with Crippen LogP contribution in [0.5, 0.6) is 5.75 Å². The number of nitrogens with zero attached hydrogens (tertiary/aromatic N) is 4. The molecule has 1 fully saturated rings. The Hall–Kier alpha value is -3.45. The quantitative estimate of drug-likeness (QED) is 0.410. The molecule has 2 aromatic carbocycles. The third-order valence-electron chi connectivity index (χ3n) is 5.71. The normalized spacial score (nSPS) is 15.2. The molecular weight excluding hydrogens is 380 g/mol. The SMILES string of the molecule is CN1CCN(c2cc(/C=C/c3cc([N+](=O)[O-])ccc3O)[n+](C)c3ccccc23)CC1. The number of aromatic hydroxyl groups is 1. The number of rotatable bonds is 4. The predicted octanol–water partition coefficient (Wildman–Crippen LogP) is 3.20. The number of hydrogen-bond acceptors (Lipinski definition) is 5. The highest BCUT2D eigenvalue weighted by molar-refractivity contribution is 5.91. The molecule has 0 unspecified atom stereocenters. The van der Waals surface area contributed by atoms with Gasteiger partial charge in [-0.3, -0.25) is 10.1 Å². The average molecular weight is 405 g/mol. The van der Waals surface area contributed by atoms with Gasteiger partial charge in [0.15, 0.2) is 0 Å². The van der Waals surface area contributed by atoms with E-state index in [9.17, 15) is 15.2 Å². The Labute approximate surface area is 175 Å². The van der Waals surface area contributed by atoms with Gasteiger partial charge in [-0.1, -0.05) is 12.1 Å². The highest BCUT2D eigenvalue weighted by Crippen LogP contribution is 2.28. The van der Waals surface area contributed by atoms with Gasteiger partial charge in [-0.15, -0.1) is 0 Å². The molecule has 7 heteroatoms. The van der Waals surface area contributed by atoms with Crippen LogP contribution < -0.4 is 9.47 Å². The zero-order chi connectivity index (χ0) is 21.3. The Morgan fingerprint density at radius 1 is 1.07 bits per heavy atom. The summed E-state index contributed by atoms with van der Waals surface area (Å²) >= 11 is 0. The minimum Gasteiger partial charge on any atom is -0.507 e. The maximum Gasteiger partial charge on any atom is 0.270 e. The molecule has 0 radical (unpaired) electrons. The van der Waals surface area contributed by atoms with Crippen LogP contribution in [0.4, 0.5) is 11.4 Å². The van der Waals surface area contributed by atoms with Crippen molar-refractivity contribution in [3.63, 3.8) is 0 Å². The Morgan fingerprint density at radius 3 is 2.53 bits per heavy atom. The number of benzene rings is 2. The van der Waals surface area contributed by atoms with Crippen LogP contribution >= 0.6 is 0 Å². The Morgan fingerprint density at radius 2 is 1.80 bits per heavy atom. The summed E-state index contributed by atoms with van der Waals surface area (Å²) in [6.07, 6.45) is 3.62. The van der Waals surface area contributed by atoms with Gasteiger partial charge in [0, 0.05) is 62.1 Å². The van der Waals surface area contributed by atoms with Crippen molar-refractivity contribution < 1.29 is 14.6 Å². The molecule has 154 valence electrons. The molecule has 7 nitrogen and oxygen atoms in total. The summed E-state index contributed by atoms with van der Waals surface area (Å²) in [6.45, 7) is 3.95. The van der Waals surface area contributed by atoms with E-state index in [0.717, 1.165) is 37.4 Å². The molecular formula is C23H25N4O3+. The lowest BCUT2D eigenvalue weighted by molar-refractivity contribution is -0.646. The molecule has 1 aliphatic heterocycles. The first kappa shape index (κ1) is 19.8. The maximum absolute atomic E-state index is 11.1. The number of phenolic OH excluding ortho intramolecular Hbond substituents is 1. The van der Waals surface area contributed by atoms with E-state index in [-0.39, 0.29) is 11.4 Å². The Balaban J connectivity index is 1.78. The second-order valence-electron chi connectivity index (χ2n) is 7.65. The first-order chi connectivity index (χ1) is 14.4. The zero-order valence-corrected chi connectivity index (χ0v) is 17.2. The standard InChI is InChI=1S/C23H24N4O3/c1-24-11-13-26(14-12-24)22-16-18(25(2)21-6-4-3-5-20(21)22)8-7-17-15-19(27(29)30)9-10-23(17)28/h3-10,15-16H,11-14H2,1-2H3/p+1. The molecule has 0 spiro atoms. The molecule has 1 aliphatic rings. The number of para-hydroxylation sites is 1. The molecule has 4 rings (SSSR count). The van der Waals surface area contributed by atoms with Crippen molar-refractivity contribution in [2.45, 2.75) is 0 Å². The van der Waals surface area contributed by atoms with Gasteiger partial charge in [-0.25, -0.2) is 0 Å². The molecule has 1 aromatic heterocycles. The van der Waals surface area contributed by atoms with E-state index in [4.69, 9.17) is 0 Å². The number of aryl methyl sites for hydroxylation is 1. The first-order valence-electron chi connectivity index (χ1n) is 9.95. The number of piperazine rings is 1. The van der Waals surface area contributed by atoms with E-state index in [1.807, 2.05) is 19.2 Å². The van der Waals surface area contributed by atoms with E-state index < -0.39 is 4.92 Å². The lowest BCUT2D eigenvalue weighted by Gasteiger charge is -2.34. The number of phenols is 1. The molecule has 0 atom stereocenters. The molecule has 30 heavy (non-hydrogen) atoms. The van der Waals surface area contributed by atoms with Crippen LogP contribution in [-0.4, -0.2) is 48.2 Å². The lowest BCUT2D eigenvalue weighted by Crippen LogP contribution is -2.45. The van der Waals surface area contributed by atoms with Crippen LogP contribution in [0.25, 0.3) is 23.1 Å². The first-order valence-corrected chi connectivity index (χ1v) is 9.95. The summed E-state index contributed by atoms with van der Waals surface area (Å²) in [5.41, 5.74) is 3.61. The highest BCUT2D eigenvalue weighted by atomic mass is 16.6. The van der Waals surface area contributed by atoms with Crippen LogP contribution in [-0.2, 0) is 7.05 Å². The summed E-state index contributed by atoms with van der Waals surface area (Å²) in [7, 11) is 4.14. The largest absolute Gasteiger partial charge is 0.507 e. The van der Waals surface area contributed by atoms with Gasteiger partial charge in [0.2, 0.25) is 11.2 Å². The fourth-order valence-corrected chi connectivity index (χ4v) is 3.87. The number of aromatic nitrogens is 1. The second-order valence-corrected chi connectivity index (χ2v) is 7.65. The lowest BCUT2D eigenvalue weighted by atomic mass is 10.1. The molecule has 0 saturated carbocycles. The van der Waals surface area contributed by atoms with Crippen molar-refractivity contribution in [3.8, 4) is 5.75 Å². The van der Waals surface area contributed by atoms with Crippen molar-refractivity contribution in [3.05, 3.63) is 69.9 Å². The number of anilines is 1. The summed E-state index contributed by atoms with van der Waals surface area (Å²) in [5.74, 6) is 0.0135. The predicted molar refractivity (Wildman–Crippen MR) is 119 cm³/mol. The van der Waals surface area contributed by atoms with Gasteiger partial charge in [0.25, 0.3) is 5.69 Å². The second kappa shape index (κ2) is 8.12. The Bertz CT molecular complexity index is 1130. The average Bonchev–Trinajstić information content (AvgIpc) is 2.75. The van der Waals surface area contributed by atoms with Crippen molar-refractivity contribution >= 4 is 34.4 Å². The smallest absolute Gasteiger partial charge is 0.270 e. The summed E-state index contributed by atoms with van der Waals surface area (Å²) < 4.78 is 2.10. The van der Waals surface area contributed by atoms with Crippen LogP contribution in [0.15, 0.2) is 48.5 Å². The monoisotopic (exact) mass is 405 g/mol. The zero-order valence-electron chi connectivity index (χ0n) is 17.2. The molecule has 0 bridgehead atoms. The van der Waals surface area contributed by atoms with Crippen LogP contribution in [0, 0.1) is 10.1 Å². The van der Waals surface area contributed by atoms with Gasteiger partial charge in [-0.2, -0.15) is 4.57 Å². The summed E-state index contributed by atoms with van der Waals surface area (Å²) in [5, 5.41) is 22.4. The number of likely N-dealkylation sites (N-methyl/N-ethyl adjacent to an activating group) is 1. The fraction of sp³-hybridized carbons (Fsp3) is 0.261. The molecule has 1 saturated heterocycles. The van der Waals surface area contributed by atoms with Crippen LogP contribution in [0.1, 0.15) is 11.3 Å². The number of hydrogen-bond donors (Lipinski definition) is 1. The fourth-order valence-electron chi connectivity index (χ4n) is 3.87. The van der Waals surface area contributed by atoms with Crippen molar-refractivity contribution in [1.29, 1.82) is 0 Å². The number of nitro benzene ring substituents is 1. The number of non-ortho nitro benzene ring substituents is 1. The van der Waals surface area contributed by atoms with Gasteiger partial charge < -0.3 is 14.9 Å². The number of nitro groups is 1. The topological polar surface area (TPSA) is 73.7 Å². The number of pyridine rings is 1. The summed E-state index contributed by atoms with van der Waals surface area (Å²) in [6, 6.07) is 14.5. The van der Waals surface area contributed by atoms with E-state index in [0.29, 0.717) is 5.56 Å². The van der Waals surface area contributed by atoms with Crippen LogP contribution in [0.2, 0.25) is 0 Å². The van der Waals surface area contributed by atoms with E-state index >= 15 is 0 Å². The molecule has 0 aliphatic carbocycles. The van der Waals surface area contributed by atoms with E-state index in [2.05, 4.69) is 45.7 Å². The highest BCUT2D eigenvalue weighted by Gasteiger charge is 2.21. The Kier molecular flexibility index (Phi) is 5.37. The molecule has 2 heterocycles. The van der Waals surface area contributed by atoms with Crippen molar-refractivity contribution in [2.24, 2.45) is 7.05 Å². The minimum absolute atomic E-state index is 0.0135. The number of fused-ring (bicyclic) bond motifs is 1. The van der Waals surface area contributed by atoms with Gasteiger partial charge in [-0.05, 0) is 25.3 Å². The minimum atomic E-state index is -0.460. The van der Waals surface area contributed by atoms with Crippen LogP contribution in [0.3, 0.4) is 0 Å². The molecule has 3 aromatic rings. The van der Waals surface area contributed by atoms with E-state index in [1.165, 1.54) is 29.3 Å². The van der Waals surface area contributed by atoms with Gasteiger partial charge >= 0.3 is 0 Å². The third-order valence-corrected chi connectivity index (χ3v) is 5.71. The van der Waals surface area contributed by atoms with Crippen molar-refractivity contribution in [2.75, 3.05) is 38.1 Å². The maximum atomic E-state index is 11.1. The van der Waals surface area contributed by atoms with Gasteiger partial charge in [0.1, 0.15) is 12.8 Å². The molecule has 1 N–H and O–H groups in total. The third kappa shape index (κ3) is 3.84. The molecule has 0 amide bonds. The summed E-state index contributed by atoms with van der Waals surface area (Å²) in [4.78, 5) is 15.3.